The largest absolute Gasteiger partial charge is 0.336 e. The number of benzene rings is 1. The van der Waals surface area contributed by atoms with Crippen LogP contribution in [0.15, 0.2) is 24.3 Å². The van der Waals surface area contributed by atoms with Crippen LogP contribution < -0.4 is 10.6 Å². The molecule has 2 aliphatic rings. The van der Waals surface area contributed by atoms with Gasteiger partial charge in [0.2, 0.25) is 0 Å². The summed E-state index contributed by atoms with van der Waals surface area (Å²) < 4.78 is 0. The fourth-order valence-electron chi connectivity index (χ4n) is 2.70. The quantitative estimate of drug-likeness (QED) is 0.764. The van der Waals surface area contributed by atoms with E-state index >= 15 is 0 Å². The van der Waals surface area contributed by atoms with E-state index in [9.17, 15) is 14.4 Å². The van der Waals surface area contributed by atoms with Crippen molar-refractivity contribution < 1.29 is 14.4 Å². The molecule has 2 aliphatic heterocycles. The SMILES string of the molecule is O=C(NCCN1C(=O)c2ccccc2C1=O)N1CCNCC1. The maximum Gasteiger partial charge on any atom is 0.317 e. The van der Waals surface area contributed by atoms with Crippen molar-refractivity contribution in [3.8, 4) is 0 Å². The molecule has 7 nitrogen and oxygen atoms in total. The summed E-state index contributed by atoms with van der Waals surface area (Å²) in [4.78, 5) is 39.2. The lowest BCUT2D eigenvalue weighted by Crippen LogP contribution is -2.51. The van der Waals surface area contributed by atoms with Crippen LogP contribution in [0.3, 0.4) is 0 Å². The molecule has 2 heterocycles. The van der Waals surface area contributed by atoms with Gasteiger partial charge in [-0.05, 0) is 12.1 Å². The molecule has 3 rings (SSSR count). The maximum absolute atomic E-state index is 12.2. The van der Waals surface area contributed by atoms with Crippen molar-refractivity contribution in [3.63, 3.8) is 0 Å². The highest BCUT2D eigenvalue weighted by atomic mass is 16.2. The molecule has 0 aliphatic carbocycles. The van der Waals surface area contributed by atoms with E-state index < -0.39 is 0 Å². The Morgan fingerprint density at radius 2 is 1.68 bits per heavy atom. The van der Waals surface area contributed by atoms with Gasteiger partial charge in [-0.1, -0.05) is 12.1 Å². The zero-order chi connectivity index (χ0) is 15.5. The first-order valence-corrected chi connectivity index (χ1v) is 7.37. The number of carbonyl (C=O) groups excluding carboxylic acids is 3. The van der Waals surface area contributed by atoms with Crippen LogP contribution in [-0.2, 0) is 0 Å². The highest BCUT2D eigenvalue weighted by molar-refractivity contribution is 6.21. The van der Waals surface area contributed by atoms with Gasteiger partial charge in [-0.15, -0.1) is 0 Å². The second kappa shape index (κ2) is 6.15. The molecule has 4 amide bonds. The summed E-state index contributed by atoms with van der Waals surface area (Å²) in [7, 11) is 0. The summed E-state index contributed by atoms with van der Waals surface area (Å²) in [5, 5.41) is 5.93. The average Bonchev–Trinajstić information content (AvgIpc) is 2.81. The van der Waals surface area contributed by atoms with Gasteiger partial charge in [-0.2, -0.15) is 0 Å². The molecule has 2 N–H and O–H groups in total. The molecule has 0 spiro atoms. The molecule has 1 saturated heterocycles. The number of urea groups is 1. The van der Waals surface area contributed by atoms with Crippen LogP contribution in [0.1, 0.15) is 20.7 Å². The first kappa shape index (κ1) is 14.5. The van der Waals surface area contributed by atoms with Crippen LogP contribution in [0, 0.1) is 0 Å². The van der Waals surface area contributed by atoms with E-state index in [0.29, 0.717) is 24.2 Å². The lowest BCUT2D eigenvalue weighted by Gasteiger charge is -2.27. The minimum atomic E-state index is -0.294. The fourth-order valence-corrected chi connectivity index (χ4v) is 2.70. The Morgan fingerprint density at radius 3 is 2.27 bits per heavy atom. The number of nitrogens with zero attached hydrogens (tertiary/aromatic N) is 2. The van der Waals surface area contributed by atoms with Gasteiger partial charge in [0.1, 0.15) is 0 Å². The van der Waals surface area contributed by atoms with Crippen LogP contribution in [-0.4, -0.2) is 66.9 Å². The van der Waals surface area contributed by atoms with Crippen LogP contribution in [0.25, 0.3) is 0 Å². The minimum Gasteiger partial charge on any atom is -0.336 e. The predicted molar refractivity (Wildman–Crippen MR) is 79.7 cm³/mol. The maximum atomic E-state index is 12.2. The Balaban J connectivity index is 1.53. The summed E-state index contributed by atoms with van der Waals surface area (Å²) >= 11 is 0. The molecule has 0 atom stereocenters. The van der Waals surface area contributed by atoms with Crippen molar-refractivity contribution in [3.05, 3.63) is 35.4 Å². The van der Waals surface area contributed by atoms with Crippen molar-refractivity contribution in [2.75, 3.05) is 39.3 Å². The number of nitrogens with one attached hydrogen (secondary N) is 2. The Kier molecular flexibility index (Phi) is 4.06. The lowest BCUT2D eigenvalue weighted by atomic mass is 10.1. The van der Waals surface area contributed by atoms with Gasteiger partial charge in [0.15, 0.2) is 0 Å². The number of amides is 4. The van der Waals surface area contributed by atoms with Crippen LogP contribution in [0.2, 0.25) is 0 Å². The molecule has 0 unspecified atom stereocenters. The molecule has 0 bridgehead atoms. The first-order chi connectivity index (χ1) is 10.7. The van der Waals surface area contributed by atoms with E-state index in [0.717, 1.165) is 13.1 Å². The third-order valence-electron chi connectivity index (χ3n) is 3.89. The molecule has 1 aromatic rings. The van der Waals surface area contributed by atoms with Gasteiger partial charge in [0.25, 0.3) is 11.8 Å². The number of rotatable bonds is 3. The normalized spacial score (nSPS) is 17.6. The van der Waals surface area contributed by atoms with Gasteiger partial charge in [0, 0.05) is 39.3 Å². The van der Waals surface area contributed by atoms with Gasteiger partial charge < -0.3 is 15.5 Å². The minimum absolute atomic E-state index is 0.155. The Morgan fingerprint density at radius 1 is 1.09 bits per heavy atom. The monoisotopic (exact) mass is 302 g/mol. The lowest BCUT2D eigenvalue weighted by molar-refractivity contribution is 0.0655. The highest BCUT2D eigenvalue weighted by Gasteiger charge is 2.34. The second-order valence-corrected chi connectivity index (χ2v) is 5.28. The van der Waals surface area contributed by atoms with Crippen molar-refractivity contribution in [1.82, 2.24) is 20.4 Å². The number of piperazine rings is 1. The van der Waals surface area contributed by atoms with Gasteiger partial charge in [-0.3, -0.25) is 14.5 Å². The van der Waals surface area contributed by atoms with Crippen molar-refractivity contribution in [2.45, 2.75) is 0 Å². The molecule has 0 aromatic heterocycles. The van der Waals surface area contributed by atoms with Crippen molar-refractivity contribution in [1.29, 1.82) is 0 Å². The molecule has 7 heteroatoms. The number of carbonyl (C=O) groups is 3. The first-order valence-electron chi connectivity index (χ1n) is 7.37. The standard InChI is InChI=1S/C15H18N4O3/c20-13-11-3-1-2-4-12(11)14(21)19(13)10-7-17-15(22)18-8-5-16-6-9-18/h1-4,16H,5-10H2,(H,17,22). The summed E-state index contributed by atoms with van der Waals surface area (Å²) in [5.41, 5.74) is 0.863. The van der Waals surface area contributed by atoms with E-state index in [1.54, 1.807) is 29.2 Å². The molecular weight excluding hydrogens is 284 g/mol. The van der Waals surface area contributed by atoms with Crippen LogP contribution in [0.5, 0.6) is 0 Å². The zero-order valence-corrected chi connectivity index (χ0v) is 12.2. The van der Waals surface area contributed by atoms with Crippen molar-refractivity contribution in [2.24, 2.45) is 0 Å². The number of hydrogen-bond donors (Lipinski definition) is 2. The predicted octanol–water partition coefficient (Wildman–Crippen LogP) is -0.103. The van der Waals surface area contributed by atoms with Gasteiger partial charge >= 0.3 is 6.03 Å². The van der Waals surface area contributed by atoms with Crippen LogP contribution in [0.4, 0.5) is 4.79 Å². The Hall–Kier alpha value is -2.41. The average molecular weight is 302 g/mol. The third kappa shape index (κ3) is 2.67. The summed E-state index contributed by atoms with van der Waals surface area (Å²) in [5.74, 6) is -0.589. The van der Waals surface area contributed by atoms with Crippen molar-refractivity contribution >= 4 is 17.8 Å². The number of fused-ring (bicyclic) bond motifs is 1. The van der Waals surface area contributed by atoms with E-state index in [1.807, 2.05) is 0 Å². The molecule has 0 radical (unpaired) electrons. The number of hydrogen-bond acceptors (Lipinski definition) is 4. The molecule has 22 heavy (non-hydrogen) atoms. The van der Waals surface area contributed by atoms with E-state index in [4.69, 9.17) is 0 Å². The highest BCUT2D eigenvalue weighted by Crippen LogP contribution is 2.21. The molecular formula is C15H18N4O3. The summed E-state index contributed by atoms with van der Waals surface area (Å²) in [6.07, 6.45) is 0. The van der Waals surface area contributed by atoms with Gasteiger partial charge in [-0.25, -0.2) is 4.79 Å². The fraction of sp³-hybridized carbons (Fsp3) is 0.400. The van der Waals surface area contributed by atoms with Crippen LogP contribution >= 0.6 is 0 Å². The number of imide groups is 1. The Labute approximate surface area is 128 Å². The molecule has 116 valence electrons. The summed E-state index contributed by atoms with van der Waals surface area (Å²) in [6.45, 7) is 3.34. The summed E-state index contributed by atoms with van der Waals surface area (Å²) in [6, 6.07) is 6.61. The van der Waals surface area contributed by atoms with Gasteiger partial charge in [0.05, 0.1) is 11.1 Å². The molecule has 1 fully saturated rings. The third-order valence-corrected chi connectivity index (χ3v) is 3.89. The second-order valence-electron chi connectivity index (χ2n) is 5.28. The zero-order valence-electron chi connectivity index (χ0n) is 12.2. The van der Waals surface area contributed by atoms with E-state index in [1.165, 1.54) is 4.90 Å². The molecule has 0 saturated carbocycles. The smallest absolute Gasteiger partial charge is 0.317 e. The molecule has 1 aromatic carbocycles. The topological polar surface area (TPSA) is 81.8 Å². The van der Waals surface area contributed by atoms with E-state index in [2.05, 4.69) is 10.6 Å². The van der Waals surface area contributed by atoms with E-state index in [-0.39, 0.29) is 30.9 Å². The Bertz CT molecular complexity index is 576.